The molecule has 1 saturated heterocycles. The molecule has 13 nitrogen and oxygen atoms in total. The van der Waals surface area contributed by atoms with E-state index in [1.165, 1.54) is 10.0 Å². The van der Waals surface area contributed by atoms with Gasteiger partial charge in [-0.05, 0) is 47.7 Å². The highest BCUT2D eigenvalue weighted by Crippen LogP contribution is 2.69. The number of ether oxygens (including phenoxy) is 5. The molecule has 340 valence electrons. The minimum atomic E-state index is -1.13. The maximum atomic E-state index is 14.7. The first-order valence-corrected chi connectivity index (χ1v) is 24.5. The third kappa shape index (κ3) is 10.8. The summed E-state index contributed by atoms with van der Waals surface area (Å²) < 4.78 is 29.3. The Labute approximate surface area is 403 Å². The predicted molar refractivity (Wildman–Crippen MR) is 254 cm³/mol. The van der Waals surface area contributed by atoms with Gasteiger partial charge in [0.2, 0.25) is 0 Å². The van der Waals surface area contributed by atoms with Gasteiger partial charge >= 0.3 is 18.3 Å². The van der Waals surface area contributed by atoms with E-state index in [4.69, 9.17) is 23.7 Å². The van der Waals surface area contributed by atoms with E-state index < -0.39 is 30.1 Å². The molecular formula is C50H41N3O10S4. The molecule has 0 saturated carbocycles. The number of rotatable bonds is 15. The van der Waals surface area contributed by atoms with Crippen LogP contribution in [0, 0.1) is 17.2 Å². The number of benzene rings is 5. The number of amides is 2. The Morgan fingerprint density at radius 1 is 0.612 bits per heavy atom. The second-order valence-electron chi connectivity index (χ2n) is 15.1. The molecule has 2 amide bonds. The lowest BCUT2D eigenvalue weighted by Crippen LogP contribution is -2.39. The summed E-state index contributed by atoms with van der Waals surface area (Å²) in [7, 11) is 0. The van der Waals surface area contributed by atoms with Gasteiger partial charge in [0.15, 0.2) is 17.1 Å². The number of thioether (sulfide) groups is 4. The van der Waals surface area contributed by atoms with Crippen LogP contribution >= 0.6 is 47.0 Å². The predicted octanol–water partition coefficient (Wildman–Crippen LogP) is 11.9. The van der Waals surface area contributed by atoms with Crippen molar-refractivity contribution in [3.8, 4) is 29.1 Å². The standard InChI is InChI=1S/C50H41N3O10S4/c1-3-5-18-31(4-2)30-59-46(56)36(27-51)47-64-40-38(62-49(57)60-34-23-14-8-15-24-34)42-43(39(41(40)65-47)63-50(58)61-35-25-16-9-17-26-35)67-48(66-42)37-44(54)52(28-32-19-10-6-11-20-32)53(45(37)55)29-33-21-12-7-13-22-33/h6-17,19-26,31H,3-5,18,28-30H2,1-2H3. The van der Waals surface area contributed by atoms with Crippen molar-refractivity contribution in [3.05, 3.63) is 152 Å². The monoisotopic (exact) mass is 971 g/mol. The van der Waals surface area contributed by atoms with E-state index in [1.54, 1.807) is 60.7 Å². The van der Waals surface area contributed by atoms with Gasteiger partial charge in [0.05, 0.1) is 47.8 Å². The zero-order chi connectivity index (χ0) is 46.9. The highest BCUT2D eigenvalue weighted by Gasteiger charge is 2.47. The topological polar surface area (TPSA) is 162 Å². The summed E-state index contributed by atoms with van der Waals surface area (Å²) in [6.07, 6.45) is 1.34. The fourth-order valence-corrected chi connectivity index (χ4v) is 12.5. The molecule has 1 atom stereocenters. The van der Waals surface area contributed by atoms with Crippen LogP contribution in [-0.2, 0) is 32.2 Å². The highest BCUT2D eigenvalue weighted by molar-refractivity contribution is 8.26. The number of nitrogens with zero attached hydrogens (tertiary/aromatic N) is 3. The van der Waals surface area contributed by atoms with Crippen LogP contribution in [0.1, 0.15) is 50.7 Å². The van der Waals surface area contributed by atoms with Gasteiger partial charge in [0.1, 0.15) is 23.1 Å². The summed E-state index contributed by atoms with van der Waals surface area (Å²) in [6.45, 7) is 4.41. The Kier molecular flexibility index (Phi) is 15.3. The SMILES string of the molecule is CCCCC(CC)COC(=O)C(C#N)=C1Sc2c(OC(=O)Oc3ccccc3)c3c(c(OC(=O)Oc4ccccc4)c2S1)SC(=C1C(=O)N(Cc2ccccc2)N(Cc2ccccc2)C1=O)S3. The first-order chi connectivity index (χ1) is 32.6. The van der Waals surface area contributed by atoms with Crippen molar-refractivity contribution >= 4 is 77.1 Å². The lowest BCUT2D eigenvalue weighted by molar-refractivity contribution is -0.149. The Morgan fingerprint density at radius 2 is 1.04 bits per heavy atom. The second-order valence-corrected chi connectivity index (χ2v) is 19.7. The molecule has 1 unspecified atom stereocenters. The molecular weight excluding hydrogens is 931 g/mol. The number of hydrogen-bond donors (Lipinski definition) is 0. The average Bonchev–Trinajstić information content (AvgIpc) is 4.04. The normalized spacial score (nSPS) is 14.3. The molecule has 5 aromatic rings. The Hall–Kier alpha value is -6.58. The number of unbranched alkanes of at least 4 members (excludes halogenated alkanes) is 1. The minimum Gasteiger partial charge on any atom is -0.461 e. The van der Waals surface area contributed by atoms with Crippen molar-refractivity contribution in [3.63, 3.8) is 0 Å². The molecule has 0 spiro atoms. The van der Waals surface area contributed by atoms with E-state index in [1.807, 2.05) is 73.7 Å². The van der Waals surface area contributed by atoms with E-state index >= 15 is 0 Å². The number of nitriles is 1. The van der Waals surface area contributed by atoms with E-state index in [0.29, 0.717) is 0 Å². The third-order valence-electron chi connectivity index (χ3n) is 10.5. The average molecular weight is 972 g/mol. The molecule has 0 N–H and O–H groups in total. The molecule has 0 aliphatic carbocycles. The third-order valence-corrected chi connectivity index (χ3v) is 15.7. The van der Waals surface area contributed by atoms with Crippen LogP contribution in [0.25, 0.3) is 0 Å². The van der Waals surface area contributed by atoms with E-state index in [0.717, 1.165) is 83.9 Å². The summed E-state index contributed by atoms with van der Waals surface area (Å²) in [4.78, 5) is 71.1. The zero-order valence-corrected chi connectivity index (χ0v) is 39.4. The van der Waals surface area contributed by atoms with Crippen molar-refractivity contribution in [2.45, 2.75) is 72.2 Å². The molecule has 8 rings (SSSR count). The van der Waals surface area contributed by atoms with Crippen LogP contribution in [0.5, 0.6) is 23.0 Å². The van der Waals surface area contributed by atoms with Gasteiger partial charge in [0, 0.05) is 0 Å². The number of hydrazine groups is 1. The Morgan fingerprint density at radius 3 is 1.46 bits per heavy atom. The molecule has 0 bridgehead atoms. The summed E-state index contributed by atoms with van der Waals surface area (Å²) in [5.41, 5.74) is 1.14. The number of hydrogen-bond acceptors (Lipinski definition) is 15. The zero-order valence-electron chi connectivity index (χ0n) is 36.1. The molecule has 67 heavy (non-hydrogen) atoms. The molecule has 0 radical (unpaired) electrons. The smallest absolute Gasteiger partial charge is 0.461 e. The minimum absolute atomic E-state index is 0.0771. The molecule has 5 aromatic carbocycles. The largest absolute Gasteiger partial charge is 0.519 e. The van der Waals surface area contributed by atoms with Gasteiger partial charge in [0.25, 0.3) is 11.8 Å². The van der Waals surface area contributed by atoms with Crippen molar-refractivity contribution < 1.29 is 47.7 Å². The quantitative estimate of drug-likeness (QED) is 0.0320. The number of fused-ring (bicyclic) bond motifs is 2. The van der Waals surface area contributed by atoms with Gasteiger partial charge in [-0.1, -0.05) is 177 Å². The Bertz CT molecular complexity index is 2640. The highest BCUT2D eigenvalue weighted by atomic mass is 32.2. The van der Waals surface area contributed by atoms with E-state index in [2.05, 4.69) is 6.92 Å². The van der Waals surface area contributed by atoms with Crippen molar-refractivity contribution in [2.24, 2.45) is 5.92 Å². The maximum Gasteiger partial charge on any atom is 0.519 e. The lowest BCUT2D eigenvalue weighted by atomic mass is 10.0. The molecule has 17 heteroatoms. The van der Waals surface area contributed by atoms with Crippen LogP contribution in [0.4, 0.5) is 9.59 Å². The van der Waals surface area contributed by atoms with E-state index in [-0.39, 0.29) is 87.8 Å². The van der Waals surface area contributed by atoms with Crippen molar-refractivity contribution in [1.29, 1.82) is 5.26 Å². The van der Waals surface area contributed by atoms with Gasteiger partial charge in [-0.2, -0.15) is 5.26 Å². The molecule has 1 fully saturated rings. The maximum absolute atomic E-state index is 14.7. The lowest BCUT2D eigenvalue weighted by Gasteiger charge is -2.27. The number of carbonyl (C=O) groups excluding carboxylic acids is 5. The summed E-state index contributed by atoms with van der Waals surface area (Å²) in [5, 5.41) is 13.2. The number of para-hydroxylation sites is 2. The fourth-order valence-electron chi connectivity index (χ4n) is 7.08. The van der Waals surface area contributed by atoms with Gasteiger partial charge in [-0.15, -0.1) is 0 Å². The van der Waals surface area contributed by atoms with Crippen LogP contribution in [0.3, 0.4) is 0 Å². The summed E-state index contributed by atoms with van der Waals surface area (Å²) in [6, 6.07) is 37.1. The molecule has 3 aliphatic rings. The summed E-state index contributed by atoms with van der Waals surface area (Å²) >= 11 is 3.83. The van der Waals surface area contributed by atoms with Crippen LogP contribution < -0.4 is 18.9 Å². The second kappa shape index (κ2) is 21.8. The van der Waals surface area contributed by atoms with Gasteiger partial charge in [-0.3, -0.25) is 9.59 Å². The van der Waals surface area contributed by atoms with Gasteiger partial charge < -0.3 is 23.7 Å². The number of esters is 1. The summed E-state index contributed by atoms with van der Waals surface area (Å²) in [5.74, 6) is -1.63. The first kappa shape index (κ1) is 46.9. The molecule has 0 aromatic heterocycles. The van der Waals surface area contributed by atoms with Crippen LogP contribution in [0.15, 0.2) is 161 Å². The number of carbonyl (C=O) groups is 5. The van der Waals surface area contributed by atoms with Gasteiger partial charge in [-0.25, -0.2) is 24.4 Å². The van der Waals surface area contributed by atoms with Crippen LogP contribution in [0.2, 0.25) is 0 Å². The van der Waals surface area contributed by atoms with E-state index in [9.17, 15) is 29.2 Å². The molecule has 3 heterocycles. The van der Waals surface area contributed by atoms with Crippen LogP contribution in [-0.4, -0.2) is 46.7 Å². The fraction of sp³-hybridized carbons (Fsp3) is 0.200. The Balaban J connectivity index is 1.23. The first-order valence-electron chi connectivity index (χ1n) is 21.3. The molecule has 3 aliphatic heterocycles. The van der Waals surface area contributed by atoms with Crippen molar-refractivity contribution in [1.82, 2.24) is 10.0 Å². The van der Waals surface area contributed by atoms with Crippen molar-refractivity contribution in [2.75, 3.05) is 6.61 Å².